The summed E-state index contributed by atoms with van der Waals surface area (Å²) in [4.78, 5) is 16.2. The van der Waals surface area contributed by atoms with Crippen LogP contribution in [0.2, 0.25) is 0 Å². The highest BCUT2D eigenvalue weighted by atomic mass is 79.9. The molecule has 0 unspecified atom stereocenters. The molecule has 3 rings (SSSR count). The highest BCUT2D eigenvalue weighted by Crippen LogP contribution is 2.31. The summed E-state index contributed by atoms with van der Waals surface area (Å²) in [5.41, 5.74) is 2.52. The molecule has 2 aromatic carbocycles. The normalized spacial score (nSPS) is 10.5. The van der Waals surface area contributed by atoms with E-state index in [1.54, 1.807) is 12.3 Å². The number of benzene rings is 2. The molecule has 3 nitrogen and oxygen atoms in total. The fourth-order valence-electron chi connectivity index (χ4n) is 1.99. The van der Waals surface area contributed by atoms with Gasteiger partial charge in [0.15, 0.2) is 0 Å². The molecule has 3 aromatic rings. The van der Waals surface area contributed by atoms with Crippen molar-refractivity contribution in [1.29, 1.82) is 0 Å². The second-order valence-electron chi connectivity index (χ2n) is 4.39. The van der Waals surface area contributed by atoms with E-state index in [4.69, 9.17) is 0 Å². The predicted molar refractivity (Wildman–Crippen MR) is 90.8 cm³/mol. The fourth-order valence-corrected chi connectivity index (χ4v) is 3.17. The Balaban J connectivity index is 1.88. The van der Waals surface area contributed by atoms with Gasteiger partial charge in [-0.05, 0) is 42.3 Å². The third kappa shape index (κ3) is 3.09. The van der Waals surface area contributed by atoms with Crippen LogP contribution in [0.25, 0.3) is 10.9 Å². The lowest BCUT2D eigenvalue weighted by molar-refractivity contribution is 0.112. The minimum absolute atomic E-state index is 0.667. The van der Waals surface area contributed by atoms with E-state index >= 15 is 0 Å². The second-order valence-corrected chi connectivity index (χ2v) is 6.12. The number of aromatic nitrogens is 1. The molecule has 104 valence electrons. The van der Waals surface area contributed by atoms with Gasteiger partial charge in [0.25, 0.3) is 0 Å². The zero-order chi connectivity index (χ0) is 14.7. The Morgan fingerprint density at radius 1 is 1.14 bits per heavy atom. The summed E-state index contributed by atoms with van der Waals surface area (Å²) in [6, 6.07) is 15.4. The maximum absolute atomic E-state index is 10.8. The van der Waals surface area contributed by atoms with Crippen LogP contribution < -0.4 is 4.72 Å². The number of nitrogens with zero attached hydrogens (tertiary/aromatic N) is 1. The number of rotatable bonds is 4. The molecule has 0 bridgehead atoms. The Hall–Kier alpha value is -1.85. The number of hydrogen-bond acceptors (Lipinski definition) is 4. The smallest absolute Gasteiger partial charge is 0.150 e. The summed E-state index contributed by atoms with van der Waals surface area (Å²) in [6.07, 6.45) is 2.62. The number of anilines is 1. The summed E-state index contributed by atoms with van der Waals surface area (Å²) in [7, 11) is 0. The van der Waals surface area contributed by atoms with Gasteiger partial charge in [-0.1, -0.05) is 34.1 Å². The standard InChI is InChI=1S/C16H11BrN2OS/c17-14-6-7-15(16-13(14)5-2-8-18-16)19-21-12-4-1-3-11(9-12)10-20/h1-10,19H. The number of halogens is 1. The van der Waals surface area contributed by atoms with Gasteiger partial charge in [0, 0.05) is 26.5 Å². The van der Waals surface area contributed by atoms with Crippen molar-refractivity contribution in [2.24, 2.45) is 0 Å². The van der Waals surface area contributed by atoms with Gasteiger partial charge >= 0.3 is 0 Å². The lowest BCUT2D eigenvalue weighted by Crippen LogP contribution is -1.91. The Kier molecular flexibility index (Phi) is 4.22. The highest BCUT2D eigenvalue weighted by molar-refractivity contribution is 9.10. The summed E-state index contributed by atoms with van der Waals surface area (Å²) < 4.78 is 4.32. The van der Waals surface area contributed by atoms with E-state index in [-0.39, 0.29) is 0 Å². The molecule has 1 aromatic heterocycles. The lowest BCUT2D eigenvalue weighted by atomic mass is 10.2. The van der Waals surface area contributed by atoms with Crippen molar-refractivity contribution >= 4 is 50.8 Å². The number of fused-ring (bicyclic) bond motifs is 1. The molecule has 0 aliphatic rings. The van der Waals surface area contributed by atoms with E-state index < -0.39 is 0 Å². The molecule has 0 saturated carbocycles. The fraction of sp³-hybridized carbons (Fsp3) is 0. The summed E-state index contributed by atoms with van der Waals surface area (Å²) in [6.45, 7) is 0. The van der Waals surface area contributed by atoms with Gasteiger partial charge in [-0.3, -0.25) is 9.78 Å². The lowest BCUT2D eigenvalue weighted by Gasteiger charge is -2.09. The second kappa shape index (κ2) is 6.28. The molecular weight excluding hydrogens is 348 g/mol. The van der Waals surface area contributed by atoms with Gasteiger partial charge in [0.2, 0.25) is 0 Å². The van der Waals surface area contributed by atoms with Gasteiger partial charge in [-0.2, -0.15) is 0 Å². The first-order valence-corrected chi connectivity index (χ1v) is 7.90. The maximum Gasteiger partial charge on any atom is 0.150 e. The SMILES string of the molecule is O=Cc1cccc(SNc2ccc(Br)c3cccnc23)c1. The van der Waals surface area contributed by atoms with Crippen LogP contribution in [0.15, 0.2) is 64.1 Å². The van der Waals surface area contributed by atoms with Crippen molar-refractivity contribution in [3.8, 4) is 0 Å². The van der Waals surface area contributed by atoms with E-state index in [2.05, 4.69) is 25.6 Å². The summed E-state index contributed by atoms with van der Waals surface area (Å²) >= 11 is 4.99. The van der Waals surface area contributed by atoms with Crippen molar-refractivity contribution < 1.29 is 4.79 Å². The van der Waals surface area contributed by atoms with Crippen LogP contribution in [0.5, 0.6) is 0 Å². The van der Waals surface area contributed by atoms with Crippen molar-refractivity contribution in [2.75, 3.05) is 4.72 Å². The van der Waals surface area contributed by atoms with Crippen LogP contribution >= 0.6 is 27.9 Å². The van der Waals surface area contributed by atoms with Crippen LogP contribution in [0, 0.1) is 0 Å². The van der Waals surface area contributed by atoms with E-state index in [9.17, 15) is 4.79 Å². The Bertz CT molecular complexity index is 807. The van der Waals surface area contributed by atoms with Gasteiger partial charge < -0.3 is 4.72 Å². The van der Waals surface area contributed by atoms with Crippen LogP contribution in [0.1, 0.15) is 10.4 Å². The molecule has 0 radical (unpaired) electrons. The van der Waals surface area contributed by atoms with Crippen LogP contribution in [-0.4, -0.2) is 11.3 Å². The van der Waals surface area contributed by atoms with E-state index in [1.165, 1.54) is 11.9 Å². The van der Waals surface area contributed by atoms with E-state index in [1.807, 2.05) is 42.5 Å². The first-order chi connectivity index (χ1) is 10.3. The van der Waals surface area contributed by atoms with E-state index in [0.29, 0.717) is 5.56 Å². The molecule has 0 saturated heterocycles. The quantitative estimate of drug-likeness (QED) is 0.530. The zero-order valence-corrected chi connectivity index (χ0v) is 13.3. The zero-order valence-electron chi connectivity index (χ0n) is 10.9. The van der Waals surface area contributed by atoms with Crippen LogP contribution in [0.3, 0.4) is 0 Å². The van der Waals surface area contributed by atoms with Crippen molar-refractivity contribution in [1.82, 2.24) is 4.98 Å². The van der Waals surface area contributed by atoms with Gasteiger partial charge in [-0.15, -0.1) is 0 Å². The van der Waals surface area contributed by atoms with Gasteiger partial charge in [0.1, 0.15) is 6.29 Å². The molecule has 1 N–H and O–H groups in total. The Morgan fingerprint density at radius 3 is 2.90 bits per heavy atom. The van der Waals surface area contributed by atoms with Crippen LogP contribution in [-0.2, 0) is 0 Å². The molecule has 0 aliphatic carbocycles. The summed E-state index contributed by atoms with van der Waals surface area (Å²) in [5, 5.41) is 1.06. The molecule has 21 heavy (non-hydrogen) atoms. The molecule has 1 heterocycles. The third-order valence-corrected chi connectivity index (χ3v) is 4.49. The predicted octanol–water partition coefficient (Wildman–Crippen LogP) is 4.93. The largest absolute Gasteiger partial charge is 0.324 e. The molecule has 0 aliphatic heterocycles. The molecule has 0 spiro atoms. The Morgan fingerprint density at radius 2 is 2.05 bits per heavy atom. The van der Waals surface area contributed by atoms with Crippen molar-refractivity contribution in [3.05, 3.63) is 64.8 Å². The maximum atomic E-state index is 10.8. The average molecular weight is 359 g/mol. The third-order valence-electron chi connectivity index (χ3n) is 2.99. The molecule has 0 atom stereocenters. The van der Waals surface area contributed by atoms with E-state index in [0.717, 1.165) is 32.2 Å². The molecule has 0 amide bonds. The van der Waals surface area contributed by atoms with Crippen molar-refractivity contribution in [2.45, 2.75) is 4.90 Å². The summed E-state index contributed by atoms with van der Waals surface area (Å²) in [5.74, 6) is 0. The molecule has 0 fully saturated rings. The number of nitrogens with one attached hydrogen (secondary N) is 1. The number of carbonyl (C=O) groups excluding carboxylic acids is 1. The topological polar surface area (TPSA) is 42.0 Å². The number of aldehydes is 1. The van der Waals surface area contributed by atoms with Gasteiger partial charge in [0.05, 0.1) is 11.2 Å². The minimum atomic E-state index is 0.667. The molecule has 5 heteroatoms. The first-order valence-electron chi connectivity index (χ1n) is 6.29. The number of hydrogen-bond donors (Lipinski definition) is 1. The number of carbonyl (C=O) groups is 1. The average Bonchev–Trinajstić information content (AvgIpc) is 2.55. The number of pyridine rings is 1. The van der Waals surface area contributed by atoms with Crippen molar-refractivity contribution in [3.63, 3.8) is 0 Å². The molecular formula is C16H11BrN2OS. The van der Waals surface area contributed by atoms with Gasteiger partial charge in [-0.25, -0.2) is 0 Å². The Labute approximate surface area is 135 Å². The minimum Gasteiger partial charge on any atom is -0.324 e. The van der Waals surface area contributed by atoms with Crippen LogP contribution in [0.4, 0.5) is 5.69 Å². The monoisotopic (exact) mass is 358 g/mol. The first kappa shape index (κ1) is 14.1. The highest BCUT2D eigenvalue weighted by Gasteiger charge is 2.05.